The van der Waals surface area contributed by atoms with Gasteiger partial charge in [-0.25, -0.2) is 0 Å². The van der Waals surface area contributed by atoms with Gasteiger partial charge in [0.25, 0.3) is 10.0 Å². The molecule has 0 aromatic heterocycles. The maximum absolute atomic E-state index is 11.7. The highest BCUT2D eigenvalue weighted by atomic mass is 32.2. The number of aliphatic hydroxyl groups excluding tert-OH is 1. The van der Waals surface area contributed by atoms with Crippen LogP contribution in [0.25, 0.3) is 0 Å². The van der Waals surface area contributed by atoms with E-state index >= 15 is 0 Å². The van der Waals surface area contributed by atoms with Gasteiger partial charge in [-0.3, -0.25) is 0 Å². The minimum absolute atomic E-state index is 0.0208. The van der Waals surface area contributed by atoms with E-state index in [1.807, 2.05) is 0 Å². The standard InChI is InChI=1S/C9H10N2O3S2/c12-5-6-15-9-10-7-3-1-2-4-8(7)16(13,14)11-9/h1-4,12H,5-6H2,(H,10,11). The number of sulfonamides is 1. The van der Waals surface area contributed by atoms with Crippen molar-refractivity contribution in [2.45, 2.75) is 4.90 Å². The van der Waals surface area contributed by atoms with Crippen LogP contribution < -0.4 is 5.32 Å². The lowest BCUT2D eigenvalue weighted by atomic mass is 10.3. The van der Waals surface area contributed by atoms with Crippen LogP contribution in [-0.4, -0.2) is 31.1 Å². The number of para-hydroxylation sites is 1. The number of thioether (sulfide) groups is 1. The normalized spacial score (nSPS) is 17.2. The maximum atomic E-state index is 11.7. The first kappa shape index (κ1) is 11.4. The van der Waals surface area contributed by atoms with Crippen LogP contribution in [0, 0.1) is 0 Å². The molecule has 1 aromatic carbocycles. The van der Waals surface area contributed by atoms with E-state index in [0.29, 0.717) is 16.6 Å². The third-order valence-electron chi connectivity index (χ3n) is 1.94. The summed E-state index contributed by atoms with van der Waals surface area (Å²) < 4.78 is 27.1. The van der Waals surface area contributed by atoms with Gasteiger partial charge in [0.05, 0.1) is 12.3 Å². The molecule has 0 saturated heterocycles. The first-order chi connectivity index (χ1) is 7.63. The molecule has 0 unspecified atom stereocenters. The van der Waals surface area contributed by atoms with Crippen molar-refractivity contribution < 1.29 is 13.5 Å². The summed E-state index contributed by atoms with van der Waals surface area (Å²) in [5, 5.41) is 11.9. The van der Waals surface area contributed by atoms with Crippen molar-refractivity contribution in [2.75, 3.05) is 17.7 Å². The Morgan fingerprint density at radius 1 is 1.38 bits per heavy atom. The van der Waals surface area contributed by atoms with Crippen LogP contribution in [0.3, 0.4) is 0 Å². The van der Waals surface area contributed by atoms with Gasteiger partial charge in [-0.2, -0.15) is 8.42 Å². The molecule has 86 valence electrons. The van der Waals surface area contributed by atoms with Crippen LogP contribution in [0.1, 0.15) is 0 Å². The van der Waals surface area contributed by atoms with Crippen molar-refractivity contribution in [1.82, 2.24) is 0 Å². The van der Waals surface area contributed by atoms with E-state index in [1.165, 1.54) is 17.8 Å². The van der Waals surface area contributed by atoms with Gasteiger partial charge in [0, 0.05) is 5.75 Å². The maximum Gasteiger partial charge on any atom is 0.286 e. The lowest BCUT2D eigenvalue weighted by Crippen LogP contribution is -2.19. The number of hydrogen-bond acceptors (Lipinski definition) is 5. The average molecular weight is 258 g/mol. The molecule has 0 aliphatic carbocycles. The van der Waals surface area contributed by atoms with Gasteiger partial charge in [-0.05, 0) is 12.1 Å². The average Bonchev–Trinajstić information content (AvgIpc) is 2.25. The number of anilines is 1. The lowest BCUT2D eigenvalue weighted by molar-refractivity contribution is 0.323. The Bertz CT molecular complexity index is 525. The number of fused-ring (bicyclic) bond motifs is 1. The third-order valence-corrected chi connectivity index (χ3v) is 4.24. The Kier molecular flexibility index (Phi) is 3.17. The summed E-state index contributed by atoms with van der Waals surface area (Å²) in [6.45, 7) is -0.0208. The first-order valence-corrected chi connectivity index (χ1v) is 7.01. The zero-order valence-corrected chi connectivity index (χ0v) is 9.88. The zero-order valence-electron chi connectivity index (χ0n) is 8.25. The molecule has 1 heterocycles. The number of aliphatic hydroxyl groups is 1. The summed E-state index contributed by atoms with van der Waals surface area (Å²) in [4.78, 5) is 0.184. The number of benzene rings is 1. The Morgan fingerprint density at radius 2 is 2.12 bits per heavy atom. The van der Waals surface area contributed by atoms with Crippen LogP contribution in [-0.2, 0) is 10.0 Å². The molecule has 0 spiro atoms. The predicted octanol–water partition coefficient (Wildman–Crippen LogP) is 0.882. The van der Waals surface area contributed by atoms with Gasteiger partial charge in [0.1, 0.15) is 4.90 Å². The highest BCUT2D eigenvalue weighted by Gasteiger charge is 2.24. The number of nitrogens with zero attached hydrogens (tertiary/aromatic N) is 1. The predicted molar refractivity (Wildman–Crippen MR) is 64.2 cm³/mol. The summed E-state index contributed by atoms with van der Waals surface area (Å²) in [6.07, 6.45) is 0. The fourth-order valence-corrected chi connectivity index (χ4v) is 3.28. The summed E-state index contributed by atoms with van der Waals surface area (Å²) in [5.74, 6) is 0.406. The van der Waals surface area contributed by atoms with Gasteiger partial charge in [-0.15, -0.1) is 4.40 Å². The molecule has 2 N–H and O–H groups in total. The third kappa shape index (κ3) is 2.21. The Labute approximate surface area is 97.6 Å². The van der Waals surface area contributed by atoms with Gasteiger partial charge in [0.15, 0.2) is 5.17 Å². The van der Waals surface area contributed by atoms with Crippen LogP contribution >= 0.6 is 11.8 Å². The molecule has 0 amide bonds. The minimum Gasteiger partial charge on any atom is -0.396 e. The van der Waals surface area contributed by atoms with E-state index in [2.05, 4.69) is 9.71 Å². The summed E-state index contributed by atoms with van der Waals surface area (Å²) >= 11 is 1.17. The number of nitrogens with one attached hydrogen (secondary N) is 1. The van der Waals surface area contributed by atoms with Crippen molar-refractivity contribution in [1.29, 1.82) is 0 Å². The Balaban J connectivity index is 2.36. The van der Waals surface area contributed by atoms with E-state index in [9.17, 15) is 8.42 Å². The van der Waals surface area contributed by atoms with Crippen molar-refractivity contribution in [3.05, 3.63) is 24.3 Å². The van der Waals surface area contributed by atoms with E-state index in [1.54, 1.807) is 18.2 Å². The van der Waals surface area contributed by atoms with E-state index in [4.69, 9.17) is 5.11 Å². The molecule has 0 fully saturated rings. The van der Waals surface area contributed by atoms with Gasteiger partial charge < -0.3 is 10.4 Å². The molecule has 7 heteroatoms. The molecule has 0 bridgehead atoms. The molecule has 16 heavy (non-hydrogen) atoms. The molecule has 0 saturated carbocycles. The monoisotopic (exact) mass is 258 g/mol. The lowest BCUT2D eigenvalue weighted by Gasteiger charge is -2.16. The van der Waals surface area contributed by atoms with E-state index in [0.717, 1.165) is 0 Å². The summed E-state index contributed by atoms with van der Waals surface area (Å²) in [5.41, 5.74) is 0.526. The first-order valence-electron chi connectivity index (χ1n) is 4.58. The number of hydrogen-bond donors (Lipinski definition) is 2. The van der Waals surface area contributed by atoms with Crippen LogP contribution in [0.4, 0.5) is 5.69 Å². The van der Waals surface area contributed by atoms with E-state index < -0.39 is 10.0 Å². The van der Waals surface area contributed by atoms with Gasteiger partial charge in [-0.1, -0.05) is 23.9 Å². The van der Waals surface area contributed by atoms with Gasteiger partial charge >= 0.3 is 0 Å². The fourth-order valence-electron chi connectivity index (χ4n) is 1.30. The van der Waals surface area contributed by atoms with Crippen LogP contribution in [0.15, 0.2) is 33.6 Å². The molecule has 2 rings (SSSR count). The smallest absolute Gasteiger partial charge is 0.286 e. The van der Waals surface area contributed by atoms with Crippen LogP contribution in [0.5, 0.6) is 0 Å². The Morgan fingerprint density at radius 3 is 2.88 bits per heavy atom. The summed E-state index contributed by atoms with van der Waals surface area (Å²) in [6, 6.07) is 6.59. The number of amidine groups is 1. The van der Waals surface area contributed by atoms with Crippen LogP contribution in [0.2, 0.25) is 0 Å². The SMILES string of the molecule is O=S1(=O)N=C(SCCO)Nc2ccccc21. The molecule has 0 atom stereocenters. The second kappa shape index (κ2) is 4.44. The largest absolute Gasteiger partial charge is 0.396 e. The van der Waals surface area contributed by atoms with Crippen molar-refractivity contribution >= 4 is 32.6 Å². The summed E-state index contributed by atoms with van der Waals surface area (Å²) in [7, 11) is -3.60. The molecule has 0 radical (unpaired) electrons. The topological polar surface area (TPSA) is 78.8 Å². The number of rotatable bonds is 2. The second-order valence-corrected chi connectivity index (χ2v) is 5.72. The zero-order chi connectivity index (χ0) is 11.6. The molecule has 1 aliphatic rings. The van der Waals surface area contributed by atoms with Crippen molar-refractivity contribution in [3.8, 4) is 0 Å². The Hall–Kier alpha value is -1.05. The second-order valence-electron chi connectivity index (χ2n) is 3.06. The molecular formula is C9H10N2O3S2. The van der Waals surface area contributed by atoms with E-state index in [-0.39, 0.29) is 11.5 Å². The van der Waals surface area contributed by atoms with Crippen molar-refractivity contribution in [3.63, 3.8) is 0 Å². The quantitative estimate of drug-likeness (QED) is 0.823. The molecule has 1 aromatic rings. The highest BCUT2D eigenvalue weighted by Crippen LogP contribution is 2.28. The fraction of sp³-hybridized carbons (Fsp3) is 0.222. The molecular weight excluding hydrogens is 248 g/mol. The highest BCUT2D eigenvalue weighted by molar-refractivity contribution is 8.14. The molecule has 5 nitrogen and oxygen atoms in total. The minimum atomic E-state index is -3.60. The van der Waals surface area contributed by atoms with Crippen molar-refractivity contribution in [2.24, 2.45) is 4.40 Å². The van der Waals surface area contributed by atoms with Gasteiger partial charge in [0.2, 0.25) is 0 Å². The molecule has 1 aliphatic heterocycles.